The highest BCUT2D eigenvalue weighted by Gasteiger charge is 2.27. The summed E-state index contributed by atoms with van der Waals surface area (Å²) in [5.41, 5.74) is 2.83. The van der Waals surface area contributed by atoms with Crippen LogP contribution in [-0.4, -0.2) is 47.3 Å². The molecule has 20 heteroatoms. The average Bonchev–Trinajstić information content (AvgIpc) is 3.21. The molecule has 2 atom stereocenters. The molecule has 5 aromatic rings. The zero-order valence-corrected chi connectivity index (χ0v) is 38.7. The molecule has 64 heavy (non-hydrogen) atoms. The molecule has 0 saturated carbocycles. The van der Waals surface area contributed by atoms with Crippen molar-refractivity contribution in [1.29, 1.82) is 0 Å². The van der Waals surface area contributed by atoms with Crippen molar-refractivity contribution in [1.82, 2.24) is 0 Å². The predicted octanol–water partition coefficient (Wildman–Crippen LogP) is 12.6. The number of ketones is 2. The number of carbonyl (C=O) groups is 6. The molecular weight excluding hydrogens is 949 g/mol. The number of halogens is 6. The Morgan fingerprint density at radius 3 is 1.20 bits per heavy atom. The second-order valence-electron chi connectivity index (χ2n) is 13.9. The number of hydrogen-bond donors (Lipinski definition) is 4. The second kappa shape index (κ2) is 22.2. The lowest BCUT2D eigenvalue weighted by atomic mass is 10.0. The first-order valence-electron chi connectivity index (χ1n) is 19.1. The van der Waals surface area contributed by atoms with Gasteiger partial charge in [-0.05, 0) is 123 Å². The number of rotatable bonds is 16. The van der Waals surface area contributed by atoms with E-state index in [1.54, 1.807) is 12.1 Å². The summed E-state index contributed by atoms with van der Waals surface area (Å²) in [6.45, 7) is 5.98. The van der Waals surface area contributed by atoms with Crippen LogP contribution in [0.1, 0.15) is 59.5 Å². The number of aryl methyl sites for hydroxylation is 2. The molecule has 330 valence electrons. The minimum atomic E-state index is -1.61. The van der Waals surface area contributed by atoms with Gasteiger partial charge in [0.25, 0.3) is 23.6 Å². The maximum Gasteiger partial charge on any atom is 0.258 e. The summed E-state index contributed by atoms with van der Waals surface area (Å²) < 4.78 is 0. The van der Waals surface area contributed by atoms with Crippen molar-refractivity contribution < 1.29 is 28.8 Å². The van der Waals surface area contributed by atoms with Gasteiger partial charge in [-0.15, -0.1) is 0 Å². The van der Waals surface area contributed by atoms with Gasteiger partial charge in [-0.1, -0.05) is 83.5 Å². The topological polar surface area (TPSA) is 200 Å². The van der Waals surface area contributed by atoms with Crippen LogP contribution in [0.2, 0.25) is 30.1 Å². The van der Waals surface area contributed by atoms with E-state index < -0.39 is 47.3 Å². The monoisotopic (exact) mass is 982 g/mol. The van der Waals surface area contributed by atoms with Crippen molar-refractivity contribution in [3.63, 3.8) is 0 Å². The number of Topliss-reactive ketones (excluding diaryl/α,β-unsaturated/α-hetero) is 2. The Morgan fingerprint density at radius 2 is 0.844 bits per heavy atom. The maximum atomic E-state index is 13.7. The van der Waals surface area contributed by atoms with Crippen LogP contribution in [0.3, 0.4) is 0 Å². The minimum Gasteiger partial charge on any atom is -0.324 e. The Bertz CT molecular complexity index is 2680. The molecule has 0 aliphatic heterocycles. The predicted molar refractivity (Wildman–Crippen MR) is 252 cm³/mol. The first-order valence-corrected chi connectivity index (χ1v) is 21.4. The molecule has 0 spiro atoms. The molecular formula is C44H36Cl6N8O6. The number of carbonyl (C=O) groups excluding carboxylic acids is 6. The number of azo groups is 2. The van der Waals surface area contributed by atoms with Gasteiger partial charge in [0.1, 0.15) is 11.4 Å². The molecule has 0 radical (unpaired) electrons. The van der Waals surface area contributed by atoms with E-state index in [0.717, 1.165) is 0 Å². The van der Waals surface area contributed by atoms with E-state index in [-0.39, 0.29) is 38.2 Å². The summed E-state index contributed by atoms with van der Waals surface area (Å²) in [5.74, 6) is -3.96. The fourth-order valence-corrected chi connectivity index (χ4v) is 7.32. The molecule has 0 heterocycles. The van der Waals surface area contributed by atoms with E-state index >= 15 is 0 Å². The number of hydrogen-bond acceptors (Lipinski definition) is 10. The van der Waals surface area contributed by atoms with Crippen LogP contribution in [0.15, 0.2) is 105 Å². The third-order valence-electron chi connectivity index (χ3n) is 9.07. The minimum absolute atomic E-state index is 0.0163. The van der Waals surface area contributed by atoms with Crippen molar-refractivity contribution in [3.05, 3.63) is 137 Å². The van der Waals surface area contributed by atoms with E-state index in [4.69, 9.17) is 69.6 Å². The van der Waals surface area contributed by atoms with Crippen LogP contribution in [0.5, 0.6) is 0 Å². The maximum absolute atomic E-state index is 13.7. The van der Waals surface area contributed by atoms with Gasteiger partial charge >= 0.3 is 0 Å². The number of nitrogens with one attached hydrogen (secondary N) is 4. The lowest BCUT2D eigenvalue weighted by Gasteiger charge is -2.19. The largest absolute Gasteiger partial charge is 0.324 e. The highest BCUT2D eigenvalue weighted by atomic mass is 35.5. The number of nitrogens with zero attached hydrogens (tertiary/aromatic N) is 4. The first kappa shape index (κ1) is 49.3. The van der Waals surface area contributed by atoms with E-state index in [0.29, 0.717) is 61.1 Å². The lowest BCUT2D eigenvalue weighted by Crippen LogP contribution is -2.33. The van der Waals surface area contributed by atoms with Gasteiger partial charge in [0.2, 0.25) is 12.1 Å². The van der Waals surface area contributed by atoms with Crippen LogP contribution in [0.4, 0.5) is 34.1 Å². The average molecular weight is 986 g/mol. The Hall–Kier alpha value is -5.74. The van der Waals surface area contributed by atoms with Crippen LogP contribution in [0.25, 0.3) is 0 Å². The summed E-state index contributed by atoms with van der Waals surface area (Å²) in [6.07, 6.45) is 0.736. The summed E-state index contributed by atoms with van der Waals surface area (Å²) in [7, 11) is 0. The fourth-order valence-electron chi connectivity index (χ4n) is 5.96. The van der Waals surface area contributed by atoms with Crippen molar-refractivity contribution in [2.75, 3.05) is 21.3 Å². The van der Waals surface area contributed by atoms with Crippen LogP contribution in [-0.2, 0) is 32.0 Å². The summed E-state index contributed by atoms with van der Waals surface area (Å²) in [6, 6.07) is 17.5. The quantitative estimate of drug-likeness (QED) is 0.0560. The molecule has 2 unspecified atom stereocenters. The van der Waals surface area contributed by atoms with Crippen LogP contribution in [0, 0.1) is 0 Å². The first-order chi connectivity index (χ1) is 30.3. The van der Waals surface area contributed by atoms with E-state index in [9.17, 15) is 28.8 Å². The van der Waals surface area contributed by atoms with Gasteiger partial charge in [0.15, 0.2) is 11.6 Å². The normalized spacial score (nSPS) is 12.2. The number of amides is 4. The Morgan fingerprint density at radius 1 is 0.484 bits per heavy atom. The zero-order valence-electron chi connectivity index (χ0n) is 34.2. The summed E-state index contributed by atoms with van der Waals surface area (Å²) in [4.78, 5) is 78.6. The standard InChI is InChI=1S/C44H36Cl6N8O6/c1-5-23-11-31(53-43(63)38(21(3)59)57-55-36-13-25(7-9-34(36)49)41(61)51-32-17-27(45)15-28(46)18-32)12-24(6-2)40(23)54-44(64)39(22(4)60)58-56-37-14-26(8-10-35(37)50)42(62)52-33-19-29(47)16-30(48)20-33/h7-20,38-39H,5-6H2,1-4H3,(H,51,61)(H,52,62)(H,53,63)(H,54,64). The van der Waals surface area contributed by atoms with Crippen molar-refractivity contribution in [3.8, 4) is 0 Å². The SMILES string of the molecule is CCc1cc(NC(=O)C(N=Nc2cc(C(=O)Nc3cc(Cl)cc(Cl)c3)ccc2Cl)C(C)=O)cc(CC)c1NC(=O)C(N=Nc1cc(C(=O)Nc2cc(Cl)cc(Cl)c2)ccc1Cl)C(C)=O. The highest BCUT2D eigenvalue weighted by Crippen LogP contribution is 2.32. The number of anilines is 4. The van der Waals surface area contributed by atoms with Gasteiger partial charge in [0, 0.05) is 54.0 Å². The molecule has 4 N–H and O–H groups in total. The molecule has 0 saturated heterocycles. The van der Waals surface area contributed by atoms with Crippen LogP contribution >= 0.6 is 69.6 Å². The highest BCUT2D eigenvalue weighted by molar-refractivity contribution is 6.36. The summed E-state index contributed by atoms with van der Waals surface area (Å²) >= 11 is 36.9. The van der Waals surface area contributed by atoms with Gasteiger partial charge < -0.3 is 21.3 Å². The van der Waals surface area contributed by atoms with Gasteiger partial charge in [-0.2, -0.15) is 20.5 Å². The van der Waals surface area contributed by atoms with Gasteiger partial charge in [-0.3, -0.25) is 28.8 Å². The third-order valence-corrected chi connectivity index (χ3v) is 10.6. The van der Waals surface area contributed by atoms with Crippen LogP contribution < -0.4 is 21.3 Å². The van der Waals surface area contributed by atoms with Crippen molar-refractivity contribution >= 4 is 139 Å². The molecule has 0 aliphatic rings. The molecule has 5 aromatic carbocycles. The van der Waals surface area contributed by atoms with E-state index in [2.05, 4.69) is 41.7 Å². The Balaban J connectivity index is 1.31. The molecule has 0 aliphatic carbocycles. The summed E-state index contributed by atoms with van der Waals surface area (Å²) in [5, 5.41) is 28.4. The smallest absolute Gasteiger partial charge is 0.258 e. The fraction of sp³-hybridized carbons (Fsp3) is 0.182. The van der Waals surface area contributed by atoms with E-state index in [1.165, 1.54) is 86.6 Å². The molecule has 5 rings (SSSR count). The Labute approximate surface area is 397 Å². The Kier molecular flexibility index (Phi) is 17.1. The van der Waals surface area contributed by atoms with Crippen molar-refractivity contribution in [2.24, 2.45) is 20.5 Å². The molecule has 14 nitrogen and oxygen atoms in total. The van der Waals surface area contributed by atoms with Gasteiger partial charge in [-0.25, -0.2) is 0 Å². The van der Waals surface area contributed by atoms with Crippen molar-refractivity contribution in [2.45, 2.75) is 52.6 Å². The van der Waals surface area contributed by atoms with Gasteiger partial charge in [0.05, 0.1) is 10.0 Å². The molecule has 0 fully saturated rings. The molecule has 0 aromatic heterocycles. The molecule has 0 bridgehead atoms. The zero-order chi connectivity index (χ0) is 46.8. The molecule has 4 amide bonds. The number of benzene rings is 5. The van der Waals surface area contributed by atoms with E-state index in [1.807, 2.05) is 13.8 Å². The second-order valence-corrected chi connectivity index (χ2v) is 16.4. The third kappa shape index (κ3) is 13.2. The lowest BCUT2D eigenvalue weighted by molar-refractivity contribution is -0.127.